The standard InChI is InChI=1S/C73H123NO13/c1-3-5-7-9-11-13-15-17-19-21-23-25-26-27-28-29-30-31-32-33-34-35-36-37-39-41-43-45-47-49-51-53-55-57-65(78)74-61(62(77)56-54-52-50-48-46-44-42-40-38-24-22-20-18-16-14-12-10-8-6-4-2)60-84-72-70(83)68(81)71(64(59-76)86-72)87-73-69(82)67(80)66(79)63(58-75)85-73/h5,7,11,13,17,19,23,25,27-28,30-31,33-34,38,40,46,48,54,56,61-64,66-73,75-77,79-83H,3-4,6,8-10,12,14-16,18,20-22,24,26,29,32,35-37,39,41-45,47,49-53,55,57-60H2,1-2H3,(H,74,78)/b7-5-,13-11-,19-17-,25-23-,28-27-,31-30-,34-33-,40-38+,48-46+,56-54+. The van der Waals surface area contributed by atoms with Gasteiger partial charge in [-0.2, -0.15) is 0 Å². The number of unbranched alkanes of at least 4 members (excludes halogenated alkanes) is 23. The Kier molecular flexibility index (Phi) is 51.5. The molecule has 2 rings (SSSR count). The Morgan fingerprint density at radius 3 is 1.26 bits per heavy atom. The number of aliphatic hydroxyl groups is 8. The fourth-order valence-corrected chi connectivity index (χ4v) is 10.4. The Hall–Kier alpha value is -3.61. The van der Waals surface area contributed by atoms with Crippen LogP contribution in [0.2, 0.25) is 0 Å². The Labute approximate surface area is 527 Å². The summed E-state index contributed by atoms with van der Waals surface area (Å²) in [5, 5.41) is 87.3. The maximum Gasteiger partial charge on any atom is 0.220 e. The van der Waals surface area contributed by atoms with Crippen molar-refractivity contribution in [3.63, 3.8) is 0 Å². The molecule has 14 heteroatoms. The van der Waals surface area contributed by atoms with Crippen molar-refractivity contribution in [2.24, 2.45) is 0 Å². The zero-order valence-electron chi connectivity index (χ0n) is 54.0. The van der Waals surface area contributed by atoms with Crippen LogP contribution < -0.4 is 5.32 Å². The Morgan fingerprint density at radius 2 is 0.805 bits per heavy atom. The highest BCUT2D eigenvalue weighted by molar-refractivity contribution is 5.76. The molecule has 0 aliphatic carbocycles. The summed E-state index contributed by atoms with van der Waals surface area (Å²) in [6.45, 7) is 2.66. The van der Waals surface area contributed by atoms with Gasteiger partial charge in [-0.1, -0.05) is 251 Å². The summed E-state index contributed by atoms with van der Waals surface area (Å²) in [5.41, 5.74) is 0. The lowest BCUT2D eigenvalue weighted by atomic mass is 9.97. The molecule has 2 heterocycles. The summed E-state index contributed by atoms with van der Waals surface area (Å²) < 4.78 is 22.8. The van der Waals surface area contributed by atoms with Gasteiger partial charge in [0.1, 0.15) is 48.8 Å². The normalized spacial score (nSPS) is 24.1. The summed E-state index contributed by atoms with van der Waals surface area (Å²) in [6.07, 6.45) is 65.3. The fraction of sp³-hybridized carbons (Fsp3) is 0.712. The Bertz CT molecular complexity index is 1920. The highest BCUT2D eigenvalue weighted by Gasteiger charge is 2.51. The average molecular weight is 1220 g/mol. The molecule has 9 N–H and O–H groups in total. The summed E-state index contributed by atoms with van der Waals surface area (Å²) in [4.78, 5) is 13.3. The van der Waals surface area contributed by atoms with Crippen LogP contribution in [0, 0.1) is 0 Å². The van der Waals surface area contributed by atoms with Gasteiger partial charge in [0.25, 0.3) is 0 Å². The SMILES string of the molecule is CC/C=C\C/C=C\C/C=C\C/C=C\C/C=C\C/C=C\C/C=C\CCCCCCCCCCCCCC(=O)NC(COC1OC(CO)C(OC2OC(CO)C(O)C(O)C2O)C(O)C1O)C(O)/C=C/CC/C=C/CC/C=C/CCCCCCCCCCCC. The molecule has 0 aromatic carbocycles. The van der Waals surface area contributed by atoms with E-state index in [9.17, 15) is 45.6 Å². The molecule has 2 aliphatic rings. The molecule has 1 amide bonds. The van der Waals surface area contributed by atoms with E-state index in [0.717, 1.165) is 96.3 Å². The van der Waals surface area contributed by atoms with Crippen molar-refractivity contribution in [2.75, 3.05) is 19.8 Å². The van der Waals surface area contributed by atoms with Gasteiger partial charge >= 0.3 is 0 Å². The number of carbonyl (C=O) groups excluding carboxylic acids is 1. The Balaban J connectivity index is 1.70. The topological polar surface area (TPSA) is 228 Å². The molecule has 0 aromatic heterocycles. The third-order valence-electron chi connectivity index (χ3n) is 15.9. The molecule has 0 spiro atoms. The van der Waals surface area contributed by atoms with Crippen LogP contribution in [0.3, 0.4) is 0 Å². The molecule has 12 atom stereocenters. The molecule has 87 heavy (non-hydrogen) atoms. The number of hydrogen-bond acceptors (Lipinski definition) is 13. The van der Waals surface area contributed by atoms with Crippen LogP contribution in [0.5, 0.6) is 0 Å². The maximum absolute atomic E-state index is 13.3. The molecule has 498 valence electrons. The largest absolute Gasteiger partial charge is 0.394 e. The van der Waals surface area contributed by atoms with E-state index in [1.54, 1.807) is 6.08 Å². The van der Waals surface area contributed by atoms with Crippen LogP contribution in [0.15, 0.2) is 122 Å². The molecule has 14 nitrogen and oxygen atoms in total. The van der Waals surface area contributed by atoms with E-state index >= 15 is 0 Å². The van der Waals surface area contributed by atoms with Gasteiger partial charge in [-0.05, 0) is 103 Å². The lowest BCUT2D eigenvalue weighted by molar-refractivity contribution is -0.359. The van der Waals surface area contributed by atoms with Crippen LogP contribution >= 0.6 is 0 Å². The Morgan fingerprint density at radius 1 is 0.425 bits per heavy atom. The average Bonchev–Trinajstić information content (AvgIpc) is 2.59. The van der Waals surface area contributed by atoms with Crippen LogP contribution in [0.4, 0.5) is 0 Å². The second-order valence-electron chi connectivity index (χ2n) is 23.5. The molecular formula is C73H123NO13. The van der Waals surface area contributed by atoms with Crippen molar-refractivity contribution < 1.29 is 64.6 Å². The summed E-state index contributed by atoms with van der Waals surface area (Å²) in [5.74, 6) is -0.261. The highest BCUT2D eigenvalue weighted by Crippen LogP contribution is 2.30. The minimum atomic E-state index is -1.80. The third-order valence-corrected chi connectivity index (χ3v) is 15.9. The molecule has 12 unspecified atom stereocenters. The van der Waals surface area contributed by atoms with Crippen molar-refractivity contribution in [1.82, 2.24) is 5.32 Å². The van der Waals surface area contributed by atoms with Gasteiger partial charge in [-0.15, -0.1) is 0 Å². The van der Waals surface area contributed by atoms with E-state index in [0.29, 0.717) is 12.8 Å². The van der Waals surface area contributed by atoms with Gasteiger partial charge in [-0.25, -0.2) is 0 Å². The third kappa shape index (κ3) is 40.7. The number of amides is 1. The van der Waals surface area contributed by atoms with E-state index in [1.807, 2.05) is 6.08 Å². The first kappa shape index (κ1) is 79.5. The summed E-state index contributed by atoms with van der Waals surface area (Å²) >= 11 is 0. The lowest BCUT2D eigenvalue weighted by Crippen LogP contribution is -2.65. The van der Waals surface area contributed by atoms with Crippen LogP contribution in [-0.2, 0) is 23.7 Å². The number of allylic oxidation sites excluding steroid dienone is 19. The van der Waals surface area contributed by atoms with Gasteiger partial charge in [0.15, 0.2) is 12.6 Å². The predicted octanol–water partition coefficient (Wildman–Crippen LogP) is 13.7. The van der Waals surface area contributed by atoms with Gasteiger partial charge < -0.3 is 65.1 Å². The zero-order chi connectivity index (χ0) is 63.1. The van der Waals surface area contributed by atoms with E-state index in [-0.39, 0.29) is 18.9 Å². The molecule has 2 aliphatic heterocycles. The van der Waals surface area contributed by atoms with E-state index in [2.05, 4.69) is 129 Å². The van der Waals surface area contributed by atoms with Crippen molar-refractivity contribution >= 4 is 5.91 Å². The van der Waals surface area contributed by atoms with Crippen LogP contribution in [0.1, 0.15) is 239 Å². The van der Waals surface area contributed by atoms with E-state index in [1.165, 1.54) is 109 Å². The van der Waals surface area contributed by atoms with Crippen LogP contribution in [-0.4, -0.2) is 140 Å². The van der Waals surface area contributed by atoms with E-state index in [4.69, 9.17) is 18.9 Å². The monoisotopic (exact) mass is 1220 g/mol. The number of aliphatic hydroxyl groups excluding tert-OH is 8. The number of rotatable bonds is 54. The first-order chi connectivity index (χ1) is 42.6. The highest BCUT2D eigenvalue weighted by atomic mass is 16.7. The zero-order valence-corrected chi connectivity index (χ0v) is 54.0. The second kappa shape index (κ2) is 56.4. The first-order valence-corrected chi connectivity index (χ1v) is 34.3. The summed E-state index contributed by atoms with van der Waals surface area (Å²) in [7, 11) is 0. The molecule has 0 saturated carbocycles. The van der Waals surface area contributed by atoms with Crippen molar-refractivity contribution in [3.05, 3.63) is 122 Å². The second-order valence-corrected chi connectivity index (χ2v) is 23.5. The number of nitrogens with one attached hydrogen (secondary N) is 1. The van der Waals surface area contributed by atoms with Crippen molar-refractivity contribution in [3.8, 4) is 0 Å². The minimum Gasteiger partial charge on any atom is -0.394 e. The van der Waals surface area contributed by atoms with Gasteiger partial charge in [-0.3, -0.25) is 4.79 Å². The molecule has 2 saturated heterocycles. The summed E-state index contributed by atoms with van der Waals surface area (Å²) in [6, 6.07) is -0.949. The van der Waals surface area contributed by atoms with Gasteiger partial charge in [0.2, 0.25) is 5.91 Å². The molecule has 0 aromatic rings. The van der Waals surface area contributed by atoms with Crippen LogP contribution in [0.25, 0.3) is 0 Å². The number of hydrogen-bond donors (Lipinski definition) is 9. The lowest BCUT2D eigenvalue weighted by Gasteiger charge is -2.46. The number of ether oxygens (including phenoxy) is 4. The quantitative estimate of drug-likeness (QED) is 0.0204. The smallest absolute Gasteiger partial charge is 0.220 e. The van der Waals surface area contributed by atoms with Gasteiger partial charge in [0.05, 0.1) is 32.0 Å². The van der Waals surface area contributed by atoms with Crippen molar-refractivity contribution in [1.29, 1.82) is 0 Å². The van der Waals surface area contributed by atoms with Gasteiger partial charge in [0, 0.05) is 6.42 Å². The molecule has 0 radical (unpaired) electrons. The van der Waals surface area contributed by atoms with Crippen molar-refractivity contribution in [2.45, 2.75) is 312 Å². The number of carbonyl (C=O) groups is 1. The fourth-order valence-electron chi connectivity index (χ4n) is 10.4. The van der Waals surface area contributed by atoms with E-state index < -0.39 is 86.8 Å². The predicted molar refractivity (Wildman–Crippen MR) is 355 cm³/mol. The minimum absolute atomic E-state index is 0.259. The first-order valence-electron chi connectivity index (χ1n) is 34.3. The molecule has 2 fully saturated rings. The molecular weight excluding hydrogens is 1100 g/mol. The maximum atomic E-state index is 13.3. The molecule has 0 bridgehead atoms.